The van der Waals surface area contributed by atoms with Crippen molar-refractivity contribution in [1.29, 1.82) is 0 Å². The highest BCUT2D eigenvalue weighted by molar-refractivity contribution is 6.31. The highest BCUT2D eigenvalue weighted by Crippen LogP contribution is 2.17. The predicted molar refractivity (Wildman–Crippen MR) is 77.2 cm³/mol. The zero-order chi connectivity index (χ0) is 14.5. The van der Waals surface area contributed by atoms with E-state index in [9.17, 15) is 9.59 Å². The molecule has 5 nitrogen and oxygen atoms in total. The van der Waals surface area contributed by atoms with Gasteiger partial charge in [-0.15, -0.1) is 0 Å². The molecule has 6 heteroatoms. The summed E-state index contributed by atoms with van der Waals surface area (Å²) >= 11 is 6.03. The lowest BCUT2D eigenvalue weighted by atomic mass is 9.96. The first kappa shape index (κ1) is 14.7. The van der Waals surface area contributed by atoms with Gasteiger partial charge in [0.05, 0.1) is 0 Å². The molecular formula is C14H18ClN3O2. The number of carbonyl (C=O) groups excluding carboxylic acids is 2. The lowest BCUT2D eigenvalue weighted by Gasteiger charge is -2.30. The van der Waals surface area contributed by atoms with Crippen molar-refractivity contribution < 1.29 is 9.59 Å². The number of nitrogens with two attached hydrogens (primary N) is 1. The van der Waals surface area contributed by atoms with E-state index < -0.39 is 0 Å². The number of rotatable bonds is 3. The normalized spacial score (nSPS) is 15.9. The molecule has 0 aliphatic carbocycles. The number of primary amides is 1. The number of likely N-dealkylation sites (tertiary alicyclic amines) is 1. The van der Waals surface area contributed by atoms with E-state index in [0.717, 1.165) is 5.56 Å². The van der Waals surface area contributed by atoms with Crippen LogP contribution in [0.1, 0.15) is 18.4 Å². The molecule has 0 saturated carbocycles. The maximum atomic E-state index is 12.0. The van der Waals surface area contributed by atoms with E-state index in [1.807, 2.05) is 18.2 Å². The molecule has 2 rings (SSSR count). The lowest BCUT2D eigenvalue weighted by molar-refractivity contribution is -0.123. The van der Waals surface area contributed by atoms with E-state index in [0.29, 0.717) is 37.5 Å². The first-order valence-corrected chi connectivity index (χ1v) is 7.01. The van der Waals surface area contributed by atoms with Crippen LogP contribution in [0, 0.1) is 5.92 Å². The summed E-state index contributed by atoms with van der Waals surface area (Å²) in [6.45, 7) is 1.51. The van der Waals surface area contributed by atoms with Crippen LogP contribution in [-0.4, -0.2) is 29.9 Å². The van der Waals surface area contributed by atoms with Gasteiger partial charge < -0.3 is 16.0 Å². The van der Waals surface area contributed by atoms with Crippen LogP contribution in [0.2, 0.25) is 5.02 Å². The van der Waals surface area contributed by atoms with Crippen molar-refractivity contribution in [3.05, 3.63) is 34.9 Å². The number of amides is 3. The van der Waals surface area contributed by atoms with Crippen LogP contribution in [0.15, 0.2) is 24.3 Å². The first-order chi connectivity index (χ1) is 9.58. The fourth-order valence-electron chi connectivity index (χ4n) is 2.29. The third kappa shape index (κ3) is 3.63. The Morgan fingerprint density at radius 1 is 1.30 bits per heavy atom. The number of urea groups is 1. The average molecular weight is 296 g/mol. The van der Waals surface area contributed by atoms with Crippen LogP contribution >= 0.6 is 11.6 Å². The molecule has 108 valence electrons. The Bertz CT molecular complexity index is 499. The molecule has 1 aromatic rings. The second-order valence-corrected chi connectivity index (χ2v) is 5.32. The fourth-order valence-corrected chi connectivity index (χ4v) is 2.49. The van der Waals surface area contributed by atoms with Gasteiger partial charge in [-0.25, -0.2) is 4.79 Å². The summed E-state index contributed by atoms with van der Waals surface area (Å²) in [7, 11) is 0. The molecule has 1 aliphatic heterocycles. The van der Waals surface area contributed by atoms with Gasteiger partial charge in [-0.1, -0.05) is 29.8 Å². The van der Waals surface area contributed by atoms with E-state index in [2.05, 4.69) is 5.32 Å². The van der Waals surface area contributed by atoms with Crippen LogP contribution < -0.4 is 11.1 Å². The second kappa shape index (κ2) is 6.61. The third-order valence-electron chi connectivity index (χ3n) is 3.57. The Kier molecular flexibility index (Phi) is 4.84. The number of nitrogens with zero attached hydrogens (tertiary/aromatic N) is 1. The molecule has 1 heterocycles. The molecule has 1 aromatic carbocycles. The average Bonchev–Trinajstić information content (AvgIpc) is 2.46. The Hall–Kier alpha value is -1.75. The summed E-state index contributed by atoms with van der Waals surface area (Å²) in [5.41, 5.74) is 6.15. The SMILES string of the molecule is NC(=O)C1CCN(C(=O)NCc2ccccc2Cl)CC1. The zero-order valence-corrected chi connectivity index (χ0v) is 11.9. The van der Waals surface area contributed by atoms with Gasteiger partial charge in [-0.3, -0.25) is 4.79 Å². The summed E-state index contributed by atoms with van der Waals surface area (Å²) in [5, 5.41) is 3.48. The van der Waals surface area contributed by atoms with Gasteiger partial charge in [0.15, 0.2) is 0 Å². The molecule has 3 N–H and O–H groups in total. The van der Waals surface area contributed by atoms with Crippen molar-refractivity contribution in [3.8, 4) is 0 Å². The van der Waals surface area contributed by atoms with Crippen molar-refractivity contribution in [2.45, 2.75) is 19.4 Å². The van der Waals surface area contributed by atoms with E-state index >= 15 is 0 Å². The number of nitrogens with one attached hydrogen (secondary N) is 1. The number of hydrogen-bond acceptors (Lipinski definition) is 2. The highest BCUT2D eigenvalue weighted by atomic mass is 35.5. The van der Waals surface area contributed by atoms with E-state index in [1.54, 1.807) is 11.0 Å². The number of piperidine rings is 1. The van der Waals surface area contributed by atoms with Crippen molar-refractivity contribution >= 4 is 23.5 Å². The van der Waals surface area contributed by atoms with Crippen LogP contribution in [0.3, 0.4) is 0 Å². The largest absolute Gasteiger partial charge is 0.369 e. The predicted octanol–water partition coefficient (Wildman–Crippen LogP) is 1.75. The van der Waals surface area contributed by atoms with Crippen molar-refractivity contribution in [2.24, 2.45) is 11.7 Å². The zero-order valence-electron chi connectivity index (χ0n) is 11.1. The minimum absolute atomic E-state index is 0.109. The Balaban J connectivity index is 1.82. The third-order valence-corrected chi connectivity index (χ3v) is 3.94. The second-order valence-electron chi connectivity index (χ2n) is 4.91. The standard InChI is InChI=1S/C14H18ClN3O2/c15-12-4-2-1-3-11(12)9-17-14(20)18-7-5-10(6-8-18)13(16)19/h1-4,10H,5-9H2,(H2,16,19)(H,17,20). The smallest absolute Gasteiger partial charge is 0.317 e. The van der Waals surface area contributed by atoms with Crippen molar-refractivity contribution in [2.75, 3.05) is 13.1 Å². The molecule has 1 aliphatic rings. The minimum atomic E-state index is -0.277. The van der Waals surface area contributed by atoms with Gasteiger partial charge in [-0.2, -0.15) is 0 Å². The summed E-state index contributed by atoms with van der Waals surface area (Å²) in [6, 6.07) is 7.27. The molecule has 0 aromatic heterocycles. The molecule has 0 radical (unpaired) electrons. The molecule has 0 unspecified atom stereocenters. The Labute approximate surface area is 123 Å². The summed E-state index contributed by atoms with van der Waals surface area (Å²) in [5.74, 6) is -0.385. The van der Waals surface area contributed by atoms with E-state index in [1.165, 1.54) is 0 Å². The molecule has 0 atom stereocenters. The van der Waals surface area contributed by atoms with Gasteiger partial charge in [0.1, 0.15) is 0 Å². The minimum Gasteiger partial charge on any atom is -0.369 e. The first-order valence-electron chi connectivity index (χ1n) is 6.63. The van der Waals surface area contributed by atoms with Gasteiger partial charge in [-0.05, 0) is 24.5 Å². The quantitative estimate of drug-likeness (QED) is 0.891. The van der Waals surface area contributed by atoms with Crippen LogP contribution in [0.25, 0.3) is 0 Å². The van der Waals surface area contributed by atoms with E-state index in [4.69, 9.17) is 17.3 Å². The monoisotopic (exact) mass is 295 g/mol. The molecule has 0 spiro atoms. The topological polar surface area (TPSA) is 75.4 Å². The maximum absolute atomic E-state index is 12.0. The summed E-state index contributed by atoms with van der Waals surface area (Å²) in [4.78, 5) is 24.8. The Morgan fingerprint density at radius 2 is 1.95 bits per heavy atom. The molecule has 1 fully saturated rings. The molecule has 0 bridgehead atoms. The Morgan fingerprint density at radius 3 is 2.55 bits per heavy atom. The van der Waals surface area contributed by atoms with Gasteiger partial charge in [0.2, 0.25) is 5.91 Å². The van der Waals surface area contributed by atoms with Gasteiger partial charge in [0.25, 0.3) is 0 Å². The highest BCUT2D eigenvalue weighted by Gasteiger charge is 2.25. The summed E-state index contributed by atoms with van der Waals surface area (Å²) < 4.78 is 0. The molecule has 20 heavy (non-hydrogen) atoms. The molecular weight excluding hydrogens is 278 g/mol. The van der Waals surface area contributed by atoms with Crippen LogP contribution in [-0.2, 0) is 11.3 Å². The van der Waals surface area contributed by atoms with Crippen molar-refractivity contribution in [3.63, 3.8) is 0 Å². The number of halogens is 1. The van der Waals surface area contributed by atoms with Crippen LogP contribution in [0.4, 0.5) is 4.79 Å². The van der Waals surface area contributed by atoms with E-state index in [-0.39, 0.29) is 17.9 Å². The fraction of sp³-hybridized carbons (Fsp3) is 0.429. The van der Waals surface area contributed by atoms with Crippen LogP contribution in [0.5, 0.6) is 0 Å². The molecule has 3 amide bonds. The summed E-state index contributed by atoms with van der Waals surface area (Å²) in [6.07, 6.45) is 1.27. The van der Waals surface area contributed by atoms with Gasteiger partial charge >= 0.3 is 6.03 Å². The van der Waals surface area contributed by atoms with Gasteiger partial charge in [0, 0.05) is 30.6 Å². The molecule has 1 saturated heterocycles. The lowest BCUT2D eigenvalue weighted by Crippen LogP contribution is -2.46. The number of benzene rings is 1. The number of hydrogen-bond donors (Lipinski definition) is 2. The maximum Gasteiger partial charge on any atom is 0.317 e. The number of carbonyl (C=O) groups is 2. The van der Waals surface area contributed by atoms with Crippen molar-refractivity contribution in [1.82, 2.24) is 10.2 Å².